The average molecular weight is 376 g/mol. The van der Waals surface area contributed by atoms with Gasteiger partial charge in [0, 0.05) is 5.69 Å². The summed E-state index contributed by atoms with van der Waals surface area (Å²) in [6, 6.07) is 9.14. The third-order valence-corrected chi connectivity index (χ3v) is 5.26. The maximum Gasteiger partial charge on any atom is 0.326 e. The van der Waals surface area contributed by atoms with Crippen LogP contribution in [0.1, 0.15) is 103 Å². The summed E-state index contributed by atoms with van der Waals surface area (Å²) in [5.41, 5.74) is 0.885. The summed E-state index contributed by atoms with van der Waals surface area (Å²) in [6.07, 6.45) is 19.2. The Morgan fingerprint density at radius 1 is 0.778 bits per heavy atom. The summed E-state index contributed by atoms with van der Waals surface area (Å²) >= 11 is 0. The molecule has 1 unspecified atom stereocenters. The molecule has 0 amide bonds. The van der Waals surface area contributed by atoms with E-state index in [1.807, 2.05) is 30.3 Å². The standard InChI is InChI=1S/C24H41NO2/c1-2-3-4-5-6-7-8-9-10-11-12-13-14-18-21-23(24(26)27)25-22-19-16-15-17-20-22/h15-17,19-20,23,25H,2-14,18,21H2,1H3,(H,26,27). The molecule has 27 heavy (non-hydrogen) atoms. The van der Waals surface area contributed by atoms with Crippen LogP contribution in [-0.4, -0.2) is 17.1 Å². The Hall–Kier alpha value is -1.51. The molecule has 1 aromatic carbocycles. The van der Waals surface area contributed by atoms with Gasteiger partial charge < -0.3 is 10.4 Å². The van der Waals surface area contributed by atoms with Crippen molar-refractivity contribution >= 4 is 11.7 Å². The van der Waals surface area contributed by atoms with E-state index in [0.717, 1.165) is 18.5 Å². The van der Waals surface area contributed by atoms with Crippen LogP contribution in [0.3, 0.4) is 0 Å². The summed E-state index contributed by atoms with van der Waals surface area (Å²) in [7, 11) is 0. The normalized spacial score (nSPS) is 12.0. The molecule has 1 atom stereocenters. The van der Waals surface area contributed by atoms with Crippen molar-refractivity contribution in [3.8, 4) is 0 Å². The fourth-order valence-corrected chi connectivity index (χ4v) is 3.54. The van der Waals surface area contributed by atoms with Crippen LogP contribution in [0, 0.1) is 0 Å². The smallest absolute Gasteiger partial charge is 0.326 e. The molecule has 0 heterocycles. The molecule has 0 fully saturated rings. The van der Waals surface area contributed by atoms with Gasteiger partial charge in [0.1, 0.15) is 6.04 Å². The number of carbonyl (C=O) groups is 1. The number of hydrogen-bond donors (Lipinski definition) is 2. The second kappa shape index (κ2) is 16.6. The molecular weight excluding hydrogens is 334 g/mol. The highest BCUT2D eigenvalue weighted by molar-refractivity contribution is 5.77. The zero-order chi connectivity index (χ0) is 19.6. The summed E-state index contributed by atoms with van der Waals surface area (Å²) < 4.78 is 0. The SMILES string of the molecule is CCCCCCCCCCCCCCCCC(Nc1ccccc1)C(=O)O. The monoisotopic (exact) mass is 375 g/mol. The van der Waals surface area contributed by atoms with Gasteiger partial charge in [-0.2, -0.15) is 0 Å². The van der Waals surface area contributed by atoms with Crippen LogP contribution in [0.5, 0.6) is 0 Å². The molecular formula is C24H41NO2. The second-order valence-electron chi connectivity index (χ2n) is 7.79. The lowest BCUT2D eigenvalue weighted by Crippen LogP contribution is -2.29. The van der Waals surface area contributed by atoms with Crippen molar-refractivity contribution in [3.63, 3.8) is 0 Å². The number of nitrogens with one attached hydrogen (secondary N) is 1. The van der Waals surface area contributed by atoms with E-state index in [1.54, 1.807) is 0 Å². The van der Waals surface area contributed by atoms with Crippen molar-refractivity contribution in [2.75, 3.05) is 5.32 Å². The first kappa shape index (κ1) is 23.5. The quantitative estimate of drug-likeness (QED) is 0.262. The van der Waals surface area contributed by atoms with Crippen LogP contribution in [0.15, 0.2) is 30.3 Å². The van der Waals surface area contributed by atoms with Crippen LogP contribution in [0.2, 0.25) is 0 Å². The fourth-order valence-electron chi connectivity index (χ4n) is 3.54. The highest BCUT2D eigenvalue weighted by Gasteiger charge is 2.16. The van der Waals surface area contributed by atoms with Gasteiger partial charge in [-0.05, 0) is 18.6 Å². The molecule has 3 nitrogen and oxygen atoms in total. The Morgan fingerprint density at radius 3 is 1.67 bits per heavy atom. The predicted octanol–water partition coefficient (Wildman–Crippen LogP) is 7.42. The van der Waals surface area contributed by atoms with Crippen molar-refractivity contribution < 1.29 is 9.90 Å². The molecule has 0 aliphatic rings. The molecule has 0 bridgehead atoms. The van der Waals surface area contributed by atoms with Crippen LogP contribution in [-0.2, 0) is 4.79 Å². The predicted molar refractivity (Wildman–Crippen MR) is 116 cm³/mol. The highest BCUT2D eigenvalue weighted by Crippen LogP contribution is 2.15. The molecule has 2 N–H and O–H groups in total. The molecule has 154 valence electrons. The Kier molecular flexibility index (Phi) is 14.5. The minimum atomic E-state index is -0.756. The lowest BCUT2D eigenvalue weighted by Gasteiger charge is -2.15. The zero-order valence-electron chi connectivity index (χ0n) is 17.4. The zero-order valence-corrected chi connectivity index (χ0v) is 17.4. The Bertz CT molecular complexity index is 461. The van der Waals surface area contributed by atoms with Gasteiger partial charge in [0.05, 0.1) is 0 Å². The molecule has 0 saturated heterocycles. The van der Waals surface area contributed by atoms with E-state index in [4.69, 9.17) is 0 Å². The number of anilines is 1. The molecule has 0 aromatic heterocycles. The third kappa shape index (κ3) is 13.3. The second-order valence-corrected chi connectivity index (χ2v) is 7.79. The number of aliphatic carboxylic acids is 1. The van der Waals surface area contributed by atoms with Crippen molar-refractivity contribution in [2.45, 2.75) is 109 Å². The number of hydrogen-bond acceptors (Lipinski definition) is 2. The van der Waals surface area contributed by atoms with Crippen molar-refractivity contribution in [3.05, 3.63) is 30.3 Å². The molecule has 0 saturated carbocycles. The van der Waals surface area contributed by atoms with Crippen molar-refractivity contribution in [2.24, 2.45) is 0 Å². The first-order valence-electron chi connectivity index (χ1n) is 11.3. The van der Waals surface area contributed by atoms with E-state index in [1.165, 1.54) is 77.0 Å². The summed E-state index contributed by atoms with van der Waals surface area (Å²) in [6.45, 7) is 2.27. The van der Waals surface area contributed by atoms with Gasteiger partial charge in [0.2, 0.25) is 0 Å². The molecule has 1 rings (SSSR count). The maximum absolute atomic E-state index is 11.4. The number of rotatable bonds is 18. The Morgan fingerprint density at radius 2 is 1.22 bits per heavy atom. The number of unbranched alkanes of at least 4 members (excludes halogenated alkanes) is 13. The molecule has 0 spiro atoms. The maximum atomic E-state index is 11.4. The number of benzene rings is 1. The molecule has 1 aromatic rings. The number of para-hydroxylation sites is 1. The van der Waals surface area contributed by atoms with E-state index < -0.39 is 12.0 Å². The van der Waals surface area contributed by atoms with Gasteiger partial charge in [-0.3, -0.25) is 0 Å². The van der Waals surface area contributed by atoms with Crippen LogP contribution >= 0.6 is 0 Å². The molecule has 0 aliphatic carbocycles. The first-order chi connectivity index (χ1) is 13.2. The molecule has 3 heteroatoms. The van der Waals surface area contributed by atoms with Gasteiger partial charge in [0.15, 0.2) is 0 Å². The van der Waals surface area contributed by atoms with Gasteiger partial charge in [0.25, 0.3) is 0 Å². The first-order valence-corrected chi connectivity index (χ1v) is 11.3. The summed E-state index contributed by atoms with van der Waals surface area (Å²) in [4.78, 5) is 11.4. The van der Waals surface area contributed by atoms with Crippen LogP contribution in [0.25, 0.3) is 0 Å². The van der Waals surface area contributed by atoms with E-state index in [2.05, 4.69) is 12.2 Å². The van der Waals surface area contributed by atoms with E-state index in [9.17, 15) is 9.90 Å². The lowest BCUT2D eigenvalue weighted by atomic mass is 10.0. The van der Waals surface area contributed by atoms with Gasteiger partial charge in [-0.1, -0.05) is 115 Å². The van der Waals surface area contributed by atoms with Crippen LogP contribution in [0.4, 0.5) is 5.69 Å². The van der Waals surface area contributed by atoms with Gasteiger partial charge >= 0.3 is 5.97 Å². The van der Waals surface area contributed by atoms with Crippen molar-refractivity contribution in [1.82, 2.24) is 0 Å². The van der Waals surface area contributed by atoms with Gasteiger partial charge in [-0.25, -0.2) is 4.79 Å². The Labute approximate surface area is 167 Å². The fraction of sp³-hybridized carbons (Fsp3) is 0.708. The average Bonchev–Trinajstić information content (AvgIpc) is 2.68. The summed E-state index contributed by atoms with van der Waals surface area (Å²) in [5, 5.41) is 12.5. The van der Waals surface area contributed by atoms with E-state index >= 15 is 0 Å². The topological polar surface area (TPSA) is 49.3 Å². The molecule has 0 aliphatic heterocycles. The minimum absolute atomic E-state index is 0.482. The number of carboxylic acids is 1. The Balaban J connectivity index is 1.93. The number of carboxylic acid groups (broad SMARTS) is 1. The largest absolute Gasteiger partial charge is 0.480 e. The van der Waals surface area contributed by atoms with Crippen molar-refractivity contribution in [1.29, 1.82) is 0 Å². The third-order valence-electron chi connectivity index (χ3n) is 5.26. The van der Waals surface area contributed by atoms with E-state index in [0.29, 0.717) is 6.42 Å². The minimum Gasteiger partial charge on any atom is -0.480 e. The van der Waals surface area contributed by atoms with Crippen LogP contribution < -0.4 is 5.32 Å². The highest BCUT2D eigenvalue weighted by atomic mass is 16.4. The molecule has 0 radical (unpaired) electrons. The van der Waals surface area contributed by atoms with Gasteiger partial charge in [-0.15, -0.1) is 0 Å². The summed E-state index contributed by atoms with van der Waals surface area (Å²) in [5.74, 6) is -0.756. The van der Waals surface area contributed by atoms with E-state index in [-0.39, 0.29) is 0 Å². The lowest BCUT2D eigenvalue weighted by molar-refractivity contribution is -0.138.